The van der Waals surface area contributed by atoms with Crippen LogP contribution in [0.5, 0.6) is 0 Å². The third-order valence-corrected chi connectivity index (χ3v) is 1.06. The summed E-state index contributed by atoms with van der Waals surface area (Å²) < 4.78 is 1.89. The molecular weight excluding hydrogens is 239 g/mol. The molecule has 2 nitrogen and oxygen atoms in total. The Morgan fingerprint density at radius 3 is 2.80 bits per heavy atom. The van der Waals surface area contributed by atoms with Gasteiger partial charge in [0.05, 0.1) is 12.6 Å². The van der Waals surface area contributed by atoms with E-state index >= 15 is 0 Å². The second kappa shape index (κ2) is 4.38. The lowest BCUT2D eigenvalue weighted by Gasteiger charge is -1.86. The first-order valence-electron chi connectivity index (χ1n) is 2.75. The van der Waals surface area contributed by atoms with Gasteiger partial charge in [0.25, 0.3) is 6.33 Å². The fourth-order valence-electron chi connectivity index (χ4n) is 0.632. The summed E-state index contributed by atoms with van der Waals surface area (Å²) in [7, 11) is 1.93. The molecule has 0 aliphatic carbocycles. The van der Waals surface area contributed by atoms with E-state index in [1.165, 1.54) is 0 Å². The highest BCUT2D eigenvalue weighted by Crippen LogP contribution is 1.90. The molecular formula is C7H9IN2. The highest BCUT2D eigenvalue weighted by molar-refractivity contribution is 5.41. The van der Waals surface area contributed by atoms with E-state index in [1.807, 2.05) is 17.8 Å². The molecule has 0 spiro atoms. The van der Waals surface area contributed by atoms with Gasteiger partial charge >= 0.3 is 0 Å². The Balaban J connectivity index is 0.000000810. The van der Waals surface area contributed by atoms with E-state index in [0.717, 1.165) is 5.56 Å². The Kier molecular flexibility index (Phi) is 4.18. The SMILES string of the molecule is C=Cc1cnc[n+](C)c1.[I-]. The standard InChI is InChI=1S/C7H9N2.HI/c1-3-7-4-8-6-9(2)5-7;/h3-6H,1H2,2H3;1H/q+1;/p-1. The number of halogens is 1. The molecule has 1 aromatic heterocycles. The van der Waals surface area contributed by atoms with Gasteiger partial charge in [-0.25, -0.2) is 4.57 Å². The molecule has 0 N–H and O–H groups in total. The molecule has 0 fully saturated rings. The molecule has 10 heavy (non-hydrogen) atoms. The molecule has 1 aromatic rings. The van der Waals surface area contributed by atoms with Gasteiger partial charge in [0.15, 0.2) is 0 Å². The normalized spacial score (nSPS) is 8.10. The van der Waals surface area contributed by atoms with Crippen molar-refractivity contribution in [2.24, 2.45) is 7.05 Å². The van der Waals surface area contributed by atoms with E-state index in [-0.39, 0.29) is 24.0 Å². The van der Waals surface area contributed by atoms with Crippen molar-refractivity contribution in [3.05, 3.63) is 30.9 Å². The van der Waals surface area contributed by atoms with Gasteiger partial charge < -0.3 is 24.0 Å². The summed E-state index contributed by atoms with van der Waals surface area (Å²) in [5.41, 5.74) is 1.04. The lowest BCUT2D eigenvalue weighted by atomic mass is 10.3. The average Bonchev–Trinajstić information content (AvgIpc) is 1.88. The van der Waals surface area contributed by atoms with Crippen molar-refractivity contribution < 1.29 is 28.5 Å². The van der Waals surface area contributed by atoms with Gasteiger partial charge in [-0.3, -0.25) is 0 Å². The summed E-state index contributed by atoms with van der Waals surface area (Å²) in [4.78, 5) is 3.95. The maximum absolute atomic E-state index is 3.95. The van der Waals surface area contributed by atoms with Crippen LogP contribution in [0.2, 0.25) is 0 Å². The molecule has 0 aliphatic heterocycles. The van der Waals surface area contributed by atoms with Crippen molar-refractivity contribution in [2.45, 2.75) is 0 Å². The van der Waals surface area contributed by atoms with Crippen LogP contribution in [-0.2, 0) is 7.05 Å². The van der Waals surface area contributed by atoms with Crippen LogP contribution in [-0.4, -0.2) is 4.98 Å². The Morgan fingerprint density at radius 2 is 2.40 bits per heavy atom. The van der Waals surface area contributed by atoms with Crippen molar-refractivity contribution >= 4 is 6.08 Å². The average molecular weight is 248 g/mol. The topological polar surface area (TPSA) is 16.8 Å². The minimum absolute atomic E-state index is 0. The van der Waals surface area contributed by atoms with E-state index in [9.17, 15) is 0 Å². The van der Waals surface area contributed by atoms with Crippen LogP contribution in [0.25, 0.3) is 6.08 Å². The molecule has 0 amide bonds. The summed E-state index contributed by atoms with van der Waals surface area (Å²) in [5.74, 6) is 0. The van der Waals surface area contributed by atoms with E-state index in [2.05, 4.69) is 11.6 Å². The van der Waals surface area contributed by atoms with Crippen molar-refractivity contribution in [3.63, 3.8) is 0 Å². The van der Waals surface area contributed by atoms with Gasteiger partial charge in [0.2, 0.25) is 0 Å². The van der Waals surface area contributed by atoms with E-state index in [4.69, 9.17) is 0 Å². The summed E-state index contributed by atoms with van der Waals surface area (Å²) in [5, 5.41) is 0. The first kappa shape index (κ1) is 9.55. The lowest BCUT2D eigenvalue weighted by molar-refractivity contribution is -0.674. The first-order chi connectivity index (χ1) is 4.33. The molecule has 0 radical (unpaired) electrons. The molecule has 0 bridgehead atoms. The van der Waals surface area contributed by atoms with Crippen molar-refractivity contribution in [2.75, 3.05) is 0 Å². The summed E-state index contributed by atoms with van der Waals surface area (Å²) in [6.07, 6.45) is 7.24. The first-order valence-corrected chi connectivity index (χ1v) is 2.75. The number of nitrogens with zero attached hydrogens (tertiary/aromatic N) is 2. The summed E-state index contributed by atoms with van der Waals surface area (Å²) in [6.45, 7) is 3.62. The van der Waals surface area contributed by atoms with Gasteiger partial charge in [0, 0.05) is 0 Å². The Labute approximate surface area is 77.6 Å². The molecule has 1 heterocycles. The lowest BCUT2D eigenvalue weighted by Crippen LogP contribution is -3.00. The molecule has 3 heteroatoms. The summed E-state index contributed by atoms with van der Waals surface area (Å²) >= 11 is 0. The fourth-order valence-corrected chi connectivity index (χ4v) is 0.632. The Hall–Kier alpha value is -0.450. The quantitative estimate of drug-likeness (QED) is 0.398. The zero-order valence-electron chi connectivity index (χ0n) is 5.79. The number of hydrogen-bond acceptors (Lipinski definition) is 1. The zero-order chi connectivity index (χ0) is 6.69. The molecule has 0 saturated carbocycles. The van der Waals surface area contributed by atoms with Crippen molar-refractivity contribution in [1.29, 1.82) is 0 Å². The van der Waals surface area contributed by atoms with E-state index < -0.39 is 0 Å². The molecule has 0 aromatic carbocycles. The maximum Gasteiger partial charge on any atom is 0.285 e. The van der Waals surface area contributed by atoms with Gasteiger partial charge in [-0.05, 0) is 0 Å². The van der Waals surface area contributed by atoms with Crippen LogP contribution in [0.1, 0.15) is 5.56 Å². The predicted molar refractivity (Wildman–Crippen MR) is 35.5 cm³/mol. The third kappa shape index (κ3) is 2.43. The molecule has 0 atom stereocenters. The van der Waals surface area contributed by atoms with Crippen molar-refractivity contribution in [1.82, 2.24) is 4.98 Å². The molecule has 0 aliphatic rings. The van der Waals surface area contributed by atoms with Crippen LogP contribution in [0.4, 0.5) is 0 Å². The molecule has 0 unspecified atom stereocenters. The smallest absolute Gasteiger partial charge is 0.285 e. The molecule has 0 saturated heterocycles. The number of aryl methyl sites for hydroxylation is 1. The highest BCUT2D eigenvalue weighted by Gasteiger charge is 1.91. The van der Waals surface area contributed by atoms with E-state index in [0.29, 0.717) is 0 Å². The number of rotatable bonds is 1. The third-order valence-electron chi connectivity index (χ3n) is 1.06. The molecule has 54 valence electrons. The van der Waals surface area contributed by atoms with Crippen LogP contribution in [0.15, 0.2) is 25.3 Å². The minimum Gasteiger partial charge on any atom is -1.00 e. The van der Waals surface area contributed by atoms with Gasteiger partial charge in [0.1, 0.15) is 12.4 Å². The minimum atomic E-state index is 0. The number of aromatic nitrogens is 2. The molecule has 1 rings (SSSR count). The van der Waals surface area contributed by atoms with Crippen LogP contribution < -0.4 is 28.5 Å². The fraction of sp³-hybridized carbons (Fsp3) is 0.143. The van der Waals surface area contributed by atoms with Crippen molar-refractivity contribution in [3.8, 4) is 0 Å². The van der Waals surface area contributed by atoms with Gasteiger partial charge in [-0.2, -0.15) is 0 Å². The zero-order valence-corrected chi connectivity index (χ0v) is 7.95. The predicted octanol–water partition coefficient (Wildman–Crippen LogP) is -2.45. The second-order valence-corrected chi connectivity index (χ2v) is 1.89. The number of hydrogen-bond donors (Lipinski definition) is 0. The highest BCUT2D eigenvalue weighted by atomic mass is 127. The van der Waals surface area contributed by atoms with Crippen LogP contribution in [0.3, 0.4) is 0 Å². The largest absolute Gasteiger partial charge is 1.00 e. The van der Waals surface area contributed by atoms with E-state index in [1.54, 1.807) is 18.6 Å². The monoisotopic (exact) mass is 248 g/mol. The maximum atomic E-state index is 3.95. The summed E-state index contributed by atoms with van der Waals surface area (Å²) in [6, 6.07) is 0. The Bertz CT molecular complexity index is 223. The van der Waals surface area contributed by atoms with Crippen LogP contribution >= 0.6 is 0 Å². The van der Waals surface area contributed by atoms with Crippen LogP contribution in [0, 0.1) is 0 Å². The van der Waals surface area contributed by atoms with Gasteiger partial charge in [-0.1, -0.05) is 17.6 Å². The second-order valence-electron chi connectivity index (χ2n) is 1.89. The van der Waals surface area contributed by atoms with Gasteiger partial charge in [-0.15, -0.1) is 0 Å². The Morgan fingerprint density at radius 1 is 1.70 bits per heavy atom.